The van der Waals surface area contributed by atoms with E-state index in [4.69, 9.17) is 4.74 Å². The summed E-state index contributed by atoms with van der Waals surface area (Å²) < 4.78 is 6.50. The van der Waals surface area contributed by atoms with Gasteiger partial charge in [0.15, 0.2) is 0 Å². The van der Waals surface area contributed by atoms with Gasteiger partial charge >= 0.3 is 0 Å². The summed E-state index contributed by atoms with van der Waals surface area (Å²) in [6.45, 7) is 6.01. The lowest BCUT2D eigenvalue weighted by molar-refractivity contribution is -0.127. The number of hydrogen-bond donors (Lipinski definition) is 1. The number of nitrogens with zero attached hydrogens (tertiary/aromatic N) is 2. The first kappa shape index (κ1) is 23.3. The zero-order chi connectivity index (χ0) is 23.7. The predicted molar refractivity (Wildman–Crippen MR) is 133 cm³/mol. The highest BCUT2D eigenvalue weighted by Crippen LogP contribution is 2.39. The monoisotopic (exact) mass is 463 g/mol. The second kappa shape index (κ2) is 9.65. The number of aryl methyl sites for hydroxylation is 2. The molecule has 0 bridgehead atoms. The zero-order valence-electron chi connectivity index (χ0n) is 20.6. The van der Waals surface area contributed by atoms with E-state index in [0.29, 0.717) is 19.6 Å². The van der Waals surface area contributed by atoms with Gasteiger partial charge < -0.3 is 15.0 Å². The predicted octanol–water partition coefficient (Wildman–Crippen LogP) is 4.70. The van der Waals surface area contributed by atoms with Gasteiger partial charge in [-0.3, -0.25) is 14.6 Å². The Labute approximate surface area is 202 Å². The normalized spacial score (nSPS) is 22.9. The topological polar surface area (TPSA) is 71.5 Å². The fourth-order valence-corrected chi connectivity index (χ4v) is 6.07. The van der Waals surface area contributed by atoms with Crippen LogP contribution in [-0.4, -0.2) is 53.0 Å². The van der Waals surface area contributed by atoms with E-state index in [1.54, 1.807) is 0 Å². The van der Waals surface area contributed by atoms with Crippen molar-refractivity contribution < 1.29 is 14.3 Å². The van der Waals surface area contributed by atoms with Crippen LogP contribution >= 0.6 is 0 Å². The van der Waals surface area contributed by atoms with Gasteiger partial charge in [0.25, 0.3) is 5.91 Å². The summed E-state index contributed by atoms with van der Waals surface area (Å²) in [4.78, 5) is 32.6. The van der Waals surface area contributed by atoms with E-state index in [0.717, 1.165) is 66.2 Å². The summed E-state index contributed by atoms with van der Waals surface area (Å²) in [6.07, 6.45) is 9.43. The first-order valence-electron chi connectivity index (χ1n) is 13.1. The van der Waals surface area contributed by atoms with Crippen LogP contribution in [0.5, 0.6) is 0 Å². The van der Waals surface area contributed by atoms with Gasteiger partial charge in [0.2, 0.25) is 5.91 Å². The SMILES string of the molecule is Cc1ccc2nc(C)cc(C(=O)N3CCC4(CC[C@H](CNC(=O)C5CCCCC5)O4)CC3)c2c1. The molecule has 0 unspecified atom stereocenters. The van der Waals surface area contributed by atoms with Gasteiger partial charge in [-0.25, -0.2) is 0 Å². The lowest BCUT2D eigenvalue weighted by atomic mass is 9.88. The Morgan fingerprint density at radius 2 is 1.82 bits per heavy atom. The molecular weight excluding hydrogens is 426 g/mol. The highest BCUT2D eigenvalue weighted by molar-refractivity contribution is 6.06. The van der Waals surface area contributed by atoms with E-state index in [9.17, 15) is 9.59 Å². The Hall–Kier alpha value is -2.47. The lowest BCUT2D eigenvalue weighted by Crippen LogP contribution is -2.47. The van der Waals surface area contributed by atoms with Crippen LogP contribution in [0.2, 0.25) is 0 Å². The molecule has 1 spiro atoms. The van der Waals surface area contributed by atoms with Gasteiger partial charge in [-0.2, -0.15) is 0 Å². The minimum absolute atomic E-state index is 0.0876. The fourth-order valence-electron chi connectivity index (χ4n) is 6.07. The minimum atomic E-state index is -0.149. The number of nitrogens with one attached hydrogen (secondary N) is 1. The Kier molecular flexibility index (Phi) is 6.61. The number of fused-ring (bicyclic) bond motifs is 1. The zero-order valence-corrected chi connectivity index (χ0v) is 20.6. The number of rotatable bonds is 4. The van der Waals surface area contributed by atoms with Crippen molar-refractivity contribution in [1.82, 2.24) is 15.2 Å². The average Bonchev–Trinajstić information content (AvgIpc) is 3.25. The number of piperidine rings is 1. The van der Waals surface area contributed by atoms with Crippen molar-refractivity contribution in [3.05, 3.63) is 41.1 Å². The van der Waals surface area contributed by atoms with Crippen LogP contribution in [0.1, 0.15) is 79.4 Å². The molecule has 34 heavy (non-hydrogen) atoms. The number of aromatic nitrogens is 1. The quantitative estimate of drug-likeness (QED) is 0.713. The van der Waals surface area contributed by atoms with Crippen molar-refractivity contribution in [2.75, 3.05) is 19.6 Å². The Morgan fingerprint density at radius 3 is 2.59 bits per heavy atom. The molecule has 2 aliphatic heterocycles. The largest absolute Gasteiger partial charge is 0.370 e. The summed E-state index contributed by atoms with van der Waals surface area (Å²) in [7, 11) is 0. The molecule has 2 aromatic rings. The number of ether oxygens (including phenoxy) is 1. The number of likely N-dealkylation sites (tertiary alicyclic amines) is 1. The van der Waals surface area contributed by atoms with Crippen LogP contribution in [0.15, 0.2) is 24.3 Å². The van der Waals surface area contributed by atoms with Gasteiger partial charge in [-0.1, -0.05) is 30.9 Å². The van der Waals surface area contributed by atoms with Crippen molar-refractivity contribution in [2.45, 2.75) is 83.3 Å². The molecule has 5 rings (SSSR count). The van der Waals surface area contributed by atoms with Crippen molar-refractivity contribution in [3.63, 3.8) is 0 Å². The number of carbonyl (C=O) groups excluding carboxylic acids is 2. The molecule has 1 aromatic heterocycles. The second-order valence-corrected chi connectivity index (χ2v) is 10.7. The molecule has 1 atom stereocenters. The maximum absolute atomic E-state index is 13.5. The van der Waals surface area contributed by atoms with Gasteiger partial charge in [0, 0.05) is 36.6 Å². The molecule has 3 fully saturated rings. The van der Waals surface area contributed by atoms with Crippen LogP contribution in [0, 0.1) is 19.8 Å². The molecule has 6 heteroatoms. The fraction of sp³-hybridized carbons (Fsp3) is 0.607. The first-order chi connectivity index (χ1) is 16.4. The molecule has 182 valence electrons. The van der Waals surface area contributed by atoms with Gasteiger partial charge in [0.1, 0.15) is 0 Å². The summed E-state index contributed by atoms with van der Waals surface area (Å²) in [5.74, 6) is 0.486. The molecule has 0 radical (unpaired) electrons. The molecule has 1 N–H and O–H groups in total. The van der Waals surface area contributed by atoms with Gasteiger partial charge in [-0.15, -0.1) is 0 Å². The van der Waals surface area contributed by atoms with Crippen molar-refractivity contribution in [1.29, 1.82) is 0 Å². The summed E-state index contributed by atoms with van der Waals surface area (Å²) >= 11 is 0. The smallest absolute Gasteiger partial charge is 0.254 e. The molecule has 1 aliphatic carbocycles. The van der Waals surface area contributed by atoms with Crippen LogP contribution in [0.4, 0.5) is 0 Å². The lowest BCUT2D eigenvalue weighted by Gasteiger charge is -2.39. The summed E-state index contributed by atoms with van der Waals surface area (Å²) in [6, 6.07) is 8.02. The van der Waals surface area contributed by atoms with Crippen LogP contribution < -0.4 is 5.32 Å². The summed E-state index contributed by atoms with van der Waals surface area (Å²) in [5, 5.41) is 4.09. The number of benzene rings is 1. The van der Waals surface area contributed by atoms with E-state index < -0.39 is 0 Å². The Bertz CT molecular complexity index is 1070. The number of amides is 2. The maximum Gasteiger partial charge on any atom is 0.254 e. The first-order valence-corrected chi connectivity index (χ1v) is 13.1. The molecule has 3 heterocycles. The van der Waals surface area contributed by atoms with Crippen molar-refractivity contribution >= 4 is 22.7 Å². The van der Waals surface area contributed by atoms with Crippen LogP contribution in [0.25, 0.3) is 10.9 Å². The third-order valence-electron chi connectivity index (χ3n) is 8.10. The molecule has 1 saturated carbocycles. The highest BCUT2D eigenvalue weighted by atomic mass is 16.5. The third kappa shape index (κ3) is 4.83. The maximum atomic E-state index is 13.5. The number of carbonyl (C=O) groups is 2. The molecule has 3 aliphatic rings. The van der Waals surface area contributed by atoms with E-state index in [2.05, 4.69) is 16.4 Å². The average molecular weight is 464 g/mol. The van der Waals surface area contributed by atoms with Gasteiger partial charge in [0.05, 0.1) is 22.8 Å². The van der Waals surface area contributed by atoms with Crippen LogP contribution in [-0.2, 0) is 9.53 Å². The van der Waals surface area contributed by atoms with Crippen molar-refractivity contribution in [2.24, 2.45) is 5.92 Å². The second-order valence-electron chi connectivity index (χ2n) is 10.7. The van der Waals surface area contributed by atoms with E-state index in [-0.39, 0.29) is 29.4 Å². The molecular formula is C28H37N3O3. The standard InChI is InChI=1S/C28H37N3O3/c1-19-8-9-25-23(16-19)24(17-20(2)30-25)27(33)31-14-12-28(13-15-31)11-10-22(34-28)18-29-26(32)21-6-4-3-5-7-21/h8-9,16-17,21-22H,3-7,10-15,18H2,1-2H3,(H,29,32)/t22-/m1/s1. The Morgan fingerprint density at radius 1 is 1.06 bits per heavy atom. The summed E-state index contributed by atoms with van der Waals surface area (Å²) in [5.41, 5.74) is 3.47. The third-order valence-corrected chi connectivity index (χ3v) is 8.10. The molecule has 2 saturated heterocycles. The van der Waals surface area contributed by atoms with E-state index >= 15 is 0 Å². The minimum Gasteiger partial charge on any atom is -0.370 e. The highest BCUT2D eigenvalue weighted by Gasteiger charge is 2.43. The van der Waals surface area contributed by atoms with Crippen molar-refractivity contribution in [3.8, 4) is 0 Å². The molecule has 2 amide bonds. The molecule has 1 aromatic carbocycles. The number of pyridine rings is 1. The van der Waals surface area contributed by atoms with E-state index in [1.807, 2.05) is 36.9 Å². The van der Waals surface area contributed by atoms with Crippen LogP contribution in [0.3, 0.4) is 0 Å². The molecule has 6 nitrogen and oxygen atoms in total. The van der Waals surface area contributed by atoms with Gasteiger partial charge in [-0.05, 0) is 70.6 Å². The number of hydrogen-bond acceptors (Lipinski definition) is 4. The Balaban J connectivity index is 1.17. The van der Waals surface area contributed by atoms with E-state index in [1.165, 1.54) is 19.3 Å².